The van der Waals surface area contributed by atoms with Gasteiger partial charge in [0.25, 0.3) is 5.56 Å². The minimum absolute atomic E-state index is 0.104. The first-order valence-electron chi connectivity index (χ1n) is 9.18. The number of hydrogen-bond acceptors (Lipinski definition) is 3. The number of aromatic nitrogens is 3. The molecule has 0 radical (unpaired) electrons. The van der Waals surface area contributed by atoms with Crippen molar-refractivity contribution in [1.29, 1.82) is 0 Å². The first-order valence-corrected chi connectivity index (χ1v) is 9.18. The van der Waals surface area contributed by atoms with E-state index in [0.717, 1.165) is 11.3 Å². The van der Waals surface area contributed by atoms with E-state index in [4.69, 9.17) is 0 Å². The summed E-state index contributed by atoms with van der Waals surface area (Å²) >= 11 is 0. The van der Waals surface area contributed by atoms with Crippen LogP contribution in [0.1, 0.15) is 13.8 Å². The van der Waals surface area contributed by atoms with Gasteiger partial charge in [0.05, 0.1) is 10.9 Å². The average Bonchev–Trinajstić information content (AvgIpc) is 3.19. The van der Waals surface area contributed by atoms with Crippen LogP contribution in [0, 0.1) is 5.92 Å². The molecule has 3 aromatic heterocycles. The van der Waals surface area contributed by atoms with Gasteiger partial charge in [0.15, 0.2) is 0 Å². The van der Waals surface area contributed by atoms with Crippen molar-refractivity contribution in [2.45, 2.75) is 26.1 Å². The minimum atomic E-state index is -4.44. The molecule has 3 N–H and O–H groups in total. The summed E-state index contributed by atoms with van der Waals surface area (Å²) in [6.07, 6.45) is -1.22. The predicted octanol–water partition coefficient (Wildman–Crippen LogP) is 5.07. The van der Waals surface area contributed by atoms with Crippen molar-refractivity contribution >= 4 is 27.5 Å². The van der Waals surface area contributed by atoms with Crippen LogP contribution in [0.15, 0.2) is 53.6 Å². The lowest BCUT2D eigenvalue weighted by molar-refractivity contribution is -0.150. The summed E-state index contributed by atoms with van der Waals surface area (Å²) < 4.78 is 40.6. The number of fused-ring (bicyclic) bond motifs is 3. The Bertz CT molecular complexity index is 1230. The van der Waals surface area contributed by atoms with Crippen molar-refractivity contribution in [2.75, 3.05) is 5.32 Å². The first kappa shape index (κ1) is 19.0. The molecule has 29 heavy (non-hydrogen) atoms. The van der Waals surface area contributed by atoms with Crippen LogP contribution in [0.5, 0.6) is 0 Å². The Morgan fingerprint density at radius 3 is 2.48 bits per heavy atom. The summed E-state index contributed by atoms with van der Waals surface area (Å²) in [5.41, 5.74) is 1.65. The molecule has 0 saturated carbocycles. The van der Waals surface area contributed by atoms with E-state index in [1.807, 2.05) is 12.1 Å². The van der Waals surface area contributed by atoms with Crippen LogP contribution in [0.3, 0.4) is 0 Å². The highest BCUT2D eigenvalue weighted by atomic mass is 19.4. The molecule has 8 heteroatoms. The Morgan fingerprint density at radius 1 is 1.03 bits per heavy atom. The lowest BCUT2D eigenvalue weighted by atomic mass is 10.0. The standard InChI is InChI=1S/C21H19F3N4O/c1-11(2)18(21(22,23)24)28-19-13-6-5-12(15-4-3-8-25-15)10-14(13)17-16(27-19)7-9-26-20(17)29/h3-11,18,25H,1-2H3,(H,26,29)(H,27,28)/t18-/m1/s1. The van der Waals surface area contributed by atoms with Crippen molar-refractivity contribution in [3.63, 3.8) is 0 Å². The number of halogens is 3. The Kier molecular flexibility index (Phi) is 4.56. The normalized spacial score (nSPS) is 13.3. The van der Waals surface area contributed by atoms with Gasteiger partial charge in [-0.2, -0.15) is 13.2 Å². The fourth-order valence-corrected chi connectivity index (χ4v) is 3.52. The molecule has 0 spiro atoms. The molecule has 4 rings (SSSR count). The highest BCUT2D eigenvalue weighted by Gasteiger charge is 2.42. The van der Waals surface area contributed by atoms with E-state index in [0.29, 0.717) is 21.7 Å². The molecule has 1 atom stereocenters. The SMILES string of the molecule is CC(C)[C@@H](Nc1nc2cc[nH]c(=O)c2c2cc(-c3ccc[nH]3)ccc12)C(F)(F)F. The summed E-state index contributed by atoms with van der Waals surface area (Å²) in [6, 6.07) is 8.83. The molecule has 0 saturated heterocycles. The molecule has 5 nitrogen and oxygen atoms in total. The van der Waals surface area contributed by atoms with Crippen molar-refractivity contribution < 1.29 is 13.2 Å². The van der Waals surface area contributed by atoms with Gasteiger partial charge in [0.2, 0.25) is 0 Å². The second-order valence-electron chi connectivity index (χ2n) is 7.28. The van der Waals surface area contributed by atoms with Gasteiger partial charge in [0.1, 0.15) is 11.9 Å². The van der Waals surface area contributed by atoms with E-state index in [-0.39, 0.29) is 11.4 Å². The van der Waals surface area contributed by atoms with Gasteiger partial charge in [0, 0.05) is 28.9 Å². The van der Waals surface area contributed by atoms with E-state index in [9.17, 15) is 18.0 Å². The maximum absolute atomic E-state index is 13.5. The van der Waals surface area contributed by atoms with Crippen molar-refractivity contribution in [3.8, 4) is 11.3 Å². The lowest BCUT2D eigenvalue weighted by Crippen LogP contribution is -2.40. The topological polar surface area (TPSA) is 73.6 Å². The second kappa shape index (κ2) is 6.95. The number of nitrogens with one attached hydrogen (secondary N) is 3. The second-order valence-corrected chi connectivity index (χ2v) is 7.28. The molecule has 0 aliphatic heterocycles. The van der Waals surface area contributed by atoms with Gasteiger partial charge in [-0.3, -0.25) is 4.79 Å². The third-order valence-electron chi connectivity index (χ3n) is 4.94. The fourth-order valence-electron chi connectivity index (χ4n) is 3.52. The molecular weight excluding hydrogens is 381 g/mol. The quantitative estimate of drug-likeness (QED) is 0.419. The lowest BCUT2D eigenvalue weighted by Gasteiger charge is -2.26. The zero-order chi connectivity index (χ0) is 20.8. The third-order valence-corrected chi connectivity index (χ3v) is 4.94. The molecule has 150 valence electrons. The molecule has 0 bridgehead atoms. The highest BCUT2D eigenvalue weighted by molar-refractivity contribution is 6.10. The van der Waals surface area contributed by atoms with Gasteiger partial charge < -0.3 is 15.3 Å². The number of anilines is 1. The number of hydrogen-bond donors (Lipinski definition) is 3. The Balaban J connectivity index is 1.99. The van der Waals surface area contributed by atoms with Crippen LogP contribution in [0.2, 0.25) is 0 Å². The number of aromatic amines is 2. The monoisotopic (exact) mass is 400 g/mol. The van der Waals surface area contributed by atoms with Gasteiger partial charge in [-0.15, -0.1) is 0 Å². The van der Waals surface area contributed by atoms with Crippen LogP contribution in [0.25, 0.3) is 32.9 Å². The van der Waals surface area contributed by atoms with Gasteiger partial charge in [-0.1, -0.05) is 19.9 Å². The number of alkyl halides is 3. The van der Waals surface area contributed by atoms with E-state index < -0.39 is 18.1 Å². The number of H-pyrrole nitrogens is 2. The largest absolute Gasteiger partial charge is 0.408 e. The summed E-state index contributed by atoms with van der Waals surface area (Å²) in [6.45, 7) is 3.00. The average molecular weight is 400 g/mol. The van der Waals surface area contributed by atoms with E-state index in [1.54, 1.807) is 30.5 Å². The minimum Gasteiger partial charge on any atom is -0.361 e. The van der Waals surface area contributed by atoms with Gasteiger partial charge in [-0.05, 0) is 41.8 Å². The van der Waals surface area contributed by atoms with Crippen LogP contribution >= 0.6 is 0 Å². The van der Waals surface area contributed by atoms with Crippen LogP contribution in [-0.2, 0) is 0 Å². The van der Waals surface area contributed by atoms with E-state index in [1.165, 1.54) is 20.0 Å². The molecular formula is C21H19F3N4O. The fraction of sp³-hybridized carbons (Fsp3) is 0.238. The third kappa shape index (κ3) is 3.46. The zero-order valence-corrected chi connectivity index (χ0v) is 15.8. The molecule has 1 aromatic carbocycles. The summed E-state index contributed by atoms with van der Waals surface area (Å²) in [7, 11) is 0. The number of nitrogens with zero attached hydrogens (tertiary/aromatic N) is 1. The Labute approximate surface area is 164 Å². The van der Waals surface area contributed by atoms with E-state index >= 15 is 0 Å². The molecule has 0 aliphatic carbocycles. The van der Waals surface area contributed by atoms with Crippen molar-refractivity contribution in [3.05, 3.63) is 59.1 Å². The number of pyridine rings is 2. The molecule has 4 aromatic rings. The highest BCUT2D eigenvalue weighted by Crippen LogP contribution is 2.34. The molecule has 3 heterocycles. The van der Waals surface area contributed by atoms with E-state index in [2.05, 4.69) is 20.3 Å². The Morgan fingerprint density at radius 2 is 1.83 bits per heavy atom. The van der Waals surface area contributed by atoms with Crippen LogP contribution in [-0.4, -0.2) is 27.2 Å². The van der Waals surface area contributed by atoms with Gasteiger partial charge >= 0.3 is 6.18 Å². The van der Waals surface area contributed by atoms with Crippen LogP contribution in [0.4, 0.5) is 19.0 Å². The van der Waals surface area contributed by atoms with Crippen molar-refractivity contribution in [2.24, 2.45) is 5.92 Å². The molecule has 0 aliphatic rings. The maximum atomic E-state index is 13.5. The summed E-state index contributed by atoms with van der Waals surface area (Å²) in [5, 5.41) is 3.91. The first-order chi connectivity index (χ1) is 13.8. The summed E-state index contributed by atoms with van der Waals surface area (Å²) in [4.78, 5) is 22.6. The summed E-state index contributed by atoms with van der Waals surface area (Å²) in [5.74, 6) is -0.591. The number of rotatable bonds is 4. The van der Waals surface area contributed by atoms with Crippen LogP contribution < -0.4 is 10.9 Å². The predicted molar refractivity (Wildman–Crippen MR) is 108 cm³/mol. The maximum Gasteiger partial charge on any atom is 0.408 e. The smallest absolute Gasteiger partial charge is 0.361 e. The Hall–Kier alpha value is -3.29. The molecule has 0 fully saturated rings. The molecule has 0 amide bonds. The number of benzene rings is 1. The van der Waals surface area contributed by atoms with Crippen molar-refractivity contribution in [1.82, 2.24) is 15.0 Å². The zero-order valence-electron chi connectivity index (χ0n) is 15.8. The van der Waals surface area contributed by atoms with Gasteiger partial charge in [-0.25, -0.2) is 4.98 Å². The molecule has 0 unspecified atom stereocenters.